The Morgan fingerprint density at radius 3 is 2.69 bits per heavy atom. The fourth-order valence-electron chi connectivity index (χ4n) is 5.31. The number of amides is 1. The number of hydrogen-bond donors (Lipinski definition) is 1. The Balaban J connectivity index is 1.16. The molecule has 1 amide bonds. The van der Waals surface area contributed by atoms with Crippen molar-refractivity contribution in [1.82, 2.24) is 19.8 Å². The molecule has 1 N–H and O–H groups in total. The van der Waals surface area contributed by atoms with Crippen molar-refractivity contribution in [3.05, 3.63) is 34.7 Å². The monoisotopic (exact) mass is 454 g/mol. The van der Waals surface area contributed by atoms with Gasteiger partial charge in [-0.3, -0.25) is 9.69 Å². The number of aromatic nitrogens is 2. The Morgan fingerprint density at radius 2 is 1.88 bits per heavy atom. The van der Waals surface area contributed by atoms with Crippen LogP contribution in [0.25, 0.3) is 0 Å². The number of nitrogens with one attached hydrogen (secondary N) is 1. The van der Waals surface area contributed by atoms with Crippen molar-refractivity contribution in [1.29, 1.82) is 0 Å². The Kier molecular flexibility index (Phi) is 6.88. The van der Waals surface area contributed by atoms with Gasteiger partial charge in [-0.05, 0) is 49.6 Å². The van der Waals surface area contributed by atoms with Gasteiger partial charge in [0, 0.05) is 57.5 Å². The van der Waals surface area contributed by atoms with Crippen molar-refractivity contribution in [2.24, 2.45) is 0 Å². The first-order valence-electron chi connectivity index (χ1n) is 12.2. The zero-order chi connectivity index (χ0) is 21.8. The van der Waals surface area contributed by atoms with E-state index in [0.717, 1.165) is 68.8 Å². The maximum Gasteiger partial charge on any atom is 0.263 e. The summed E-state index contributed by atoms with van der Waals surface area (Å²) in [7, 11) is 0. The van der Waals surface area contributed by atoms with Crippen LogP contribution in [0.4, 0.5) is 11.8 Å². The van der Waals surface area contributed by atoms with Crippen LogP contribution in [0, 0.1) is 0 Å². The van der Waals surface area contributed by atoms with Gasteiger partial charge in [0.15, 0.2) is 0 Å². The molecule has 3 aliphatic rings. The minimum atomic E-state index is 0.192. The maximum atomic E-state index is 12.8. The molecule has 7 nitrogen and oxygen atoms in total. The van der Waals surface area contributed by atoms with Crippen molar-refractivity contribution in [3.8, 4) is 0 Å². The lowest BCUT2D eigenvalue weighted by Gasteiger charge is -2.37. The SMILES string of the molecule is O=C(c1cccs1)N1CCCC(N2CCC(Nc3nccc(N4CCCCCC4)n3)C2)C1. The fourth-order valence-corrected chi connectivity index (χ4v) is 6.00. The molecular weight excluding hydrogens is 420 g/mol. The third kappa shape index (κ3) is 5.07. The second kappa shape index (κ2) is 10.2. The molecule has 2 atom stereocenters. The second-order valence-electron chi connectivity index (χ2n) is 9.29. The van der Waals surface area contributed by atoms with E-state index >= 15 is 0 Å². The van der Waals surface area contributed by atoms with Gasteiger partial charge >= 0.3 is 0 Å². The van der Waals surface area contributed by atoms with Gasteiger partial charge in [0.2, 0.25) is 5.95 Å². The molecule has 5 rings (SSSR count). The van der Waals surface area contributed by atoms with Gasteiger partial charge in [-0.2, -0.15) is 4.98 Å². The summed E-state index contributed by atoms with van der Waals surface area (Å²) in [6.07, 6.45) is 10.4. The van der Waals surface area contributed by atoms with Gasteiger partial charge in [-0.25, -0.2) is 4.98 Å². The third-order valence-electron chi connectivity index (χ3n) is 7.06. The first kappa shape index (κ1) is 21.6. The molecule has 0 radical (unpaired) electrons. The lowest BCUT2D eigenvalue weighted by atomic mass is 10.0. The molecule has 3 saturated heterocycles. The van der Waals surface area contributed by atoms with Gasteiger partial charge in [0.05, 0.1) is 4.88 Å². The maximum absolute atomic E-state index is 12.8. The molecule has 32 heavy (non-hydrogen) atoms. The van der Waals surface area contributed by atoms with E-state index in [4.69, 9.17) is 4.98 Å². The van der Waals surface area contributed by atoms with Crippen molar-refractivity contribution in [3.63, 3.8) is 0 Å². The fraction of sp³-hybridized carbons (Fsp3) is 0.625. The standard InChI is InChI=1S/C24H34N6OS/c31-23(21-8-6-16-32-21)30-14-5-7-20(18-30)29-15-10-19(17-29)26-24-25-11-9-22(27-24)28-12-3-1-2-4-13-28/h6,8-9,11,16,19-20H,1-5,7,10,12-15,17-18H2,(H,25,26,27). The molecular formula is C24H34N6OS. The average molecular weight is 455 g/mol. The predicted octanol–water partition coefficient (Wildman–Crippen LogP) is 3.71. The van der Waals surface area contributed by atoms with Gasteiger partial charge in [-0.1, -0.05) is 18.9 Å². The highest BCUT2D eigenvalue weighted by atomic mass is 32.1. The first-order chi connectivity index (χ1) is 15.8. The van der Waals surface area contributed by atoms with Crippen LogP contribution in [0.2, 0.25) is 0 Å². The zero-order valence-corrected chi connectivity index (χ0v) is 19.6. The second-order valence-corrected chi connectivity index (χ2v) is 10.2. The highest BCUT2D eigenvalue weighted by Crippen LogP contribution is 2.25. The summed E-state index contributed by atoms with van der Waals surface area (Å²) < 4.78 is 0. The number of nitrogens with zero attached hydrogens (tertiary/aromatic N) is 5. The number of rotatable bonds is 5. The van der Waals surface area contributed by atoms with E-state index in [1.165, 1.54) is 32.1 Å². The van der Waals surface area contributed by atoms with Crippen LogP contribution in [0.1, 0.15) is 54.6 Å². The van der Waals surface area contributed by atoms with E-state index in [0.29, 0.717) is 12.1 Å². The first-order valence-corrected chi connectivity index (χ1v) is 13.1. The van der Waals surface area contributed by atoms with Crippen LogP contribution in [-0.4, -0.2) is 77.0 Å². The molecule has 0 aromatic carbocycles. The minimum Gasteiger partial charge on any atom is -0.356 e. The van der Waals surface area contributed by atoms with E-state index in [-0.39, 0.29) is 5.91 Å². The number of carbonyl (C=O) groups is 1. The number of carbonyl (C=O) groups excluding carboxylic acids is 1. The summed E-state index contributed by atoms with van der Waals surface area (Å²) in [6, 6.07) is 6.74. The van der Waals surface area contributed by atoms with Crippen LogP contribution >= 0.6 is 11.3 Å². The molecule has 3 aliphatic heterocycles. The smallest absolute Gasteiger partial charge is 0.263 e. The van der Waals surface area contributed by atoms with Crippen LogP contribution < -0.4 is 10.2 Å². The molecule has 172 valence electrons. The number of likely N-dealkylation sites (tertiary alicyclic amines) is 2. The van der Waals surface area contributed by atoms with Crippen molar-refractivity contribution >= 4 is 29.0 Å². The Labute approximate surface area is 194 Å². The minimum absolute atomic E-state index is 0.192. The number of thiophene rings is 1. The topological polar surface area (TPSA) is 64.6 Å². The summed E-state index contributed by atoms with van der Waals surface area (Å²) in [6.45, 7) is 5.95. The van der Waals surface area contributed by atoms with E-state index in [2.05, 4.69) is 25.0 Å². The molecule has 0 saturated carbocycles. The van der Waals surface area contributed by atoms with E-state index in [1.54, 1.807) is 11.3 Å². The molecule has 5 heterocycles. The van der Waals surface area contributed by atoms with Gasteiger partial charge in [0.1, 0.15) is 5.82 Å². The van der Waals surface area contributed by atoms with Gasteiger partial charge in [0.25, 0.3) is 5.91 Å². The third-order valence-corrected chi connectivity index (χ3v) is 7.91. The summed E-state index contributed by atoms with van der Waals surface area (Å²) in [5.74, 6) is 1.99. The average Bonchev–Trinajstić information content (AvgIpc) is 3.46. The molecule has 3 fully saturated rings. The number of piperidine rings is 1. The molecule has 0 bridgehead atoms. The lowest BCUT2D eigenvalue weighted by molar-refractivity contribution is 0.0612. The van der Waals surface area contributed by atoms with Crippen LogP contribution in [0.15, 0.2) is 29.8 Å². The predicted molar refractivity (Wildman–Crippen MR) is 130 cm³/mol. The zero-order valence-electron chi connectivity index (χ0n) is 18.8. The van der Waals surface area contributed by atoms with Crippen LogP contribution in [0.3, 0.4) is 0 Å². The van der Waals surface area contributed by atoms with Gasteiger partial charge in [-0.15, -0.1) is 11.3 Å². The molecule has 0 spiro atoms. The van der Waals surface area contributed by atoms with Crippen LogP contribution in [0.5, 0.6) is 0 Å². The largest absolute Gasteiger partial charge is 0.356 e. The summed E-state index contributed by atoms with van der Waals surface area (Å²) >= 11 is 1.54. The molecule has 2 unspecified atom stereocenters. The number of anilines is 2. The van der Waals surface area contributed by atoms with E-state index in [1.807, 2.05) is 29.8 Å². The summed E-state index contributed by atoms with van der Waals surface area (Å²) in [4.78, 5) is 30.0. The van der Waals surface area contributed by atoms with E-state index in [9.17, 15) is 4.79 Å². The highest BCUT2D eigenvalue weighted by Gasteiger charge is 2.33. The quantitative estimate of drug-likeness (QED) is 0.743. The van der Waals surface area contributed by atoms with Crippen molar-refractivity contribution in [2.75, 3.05) is 49.5 Å². The van der Waals surface area contributed by atoms with Gasteiger partial charge < -0.3 is 15.1 Å². The molecule has 0 aliphatic carbocycles. The molecule has 2 aromatic heterocycles. The summed E-state index contributed by atoms with van der Waals surface area (Å²) in [5.41, 5.74) is 0. The summed E-state index contributed by atoms with van der Waals surface area (Å²) in [5, 5.41) is 5.57. The Morgan fingerprint density at radius 1 is 1.00 bits per heavy atom. The Bertz CT molecular complexity index is 882. The normalized spacial score (nSPS) is 25.0. The van der Waals surface area contributed by atoms with Crippen molar-refractivity contribution < 1.29 is 4.79 Å². The molecule has 8 heteroatoms. The lowest BCUT2D eigenvalue weighted by Crippen LogP contribution is -2.49. The number of hydrogen-bond acceptors (Lipinski definition) is 7. The van der Waals surface area contributed by atoms with Crippen LogP contribution in [-0.2, 0) is 0 Å². The highest BCUT2D eigenvalue weighted by molar-refractivity contribution is 7.12. The van der Waals surface area contributed by atoms with E-state index < -0.39 is 0 Å². The molecule has 2 aromatic rings. The van der Waals surface area contributed by atoms with Crippen molar-refractivity contribution in [2.45, 2.75) is 57.0 Å². The Hall–Kier alpha value is -2.19.